The molecule has 2 aromatic rings. The van der Waals surface area contributed by atoms with Gasteiger partial charge in [-0.3, -0.25) is 0 Å². The molecule has 0 fully saturated rings. The van der Waals surface area contributed by atoms with Crippen molar-refractivity contribution in [1.29, 1.82) is 0 Å². The maximum absolute atomic E-state index is 5.33. The van der Waals surface area contributed by atoms with Crippen molar-refractivity contribution < 1.29 is 4.74 Å². The molecule has 2 heterocycles. The second-order valence-electron chi connectivity index (χ2n) is 4.98. The SMILES string of the molecule is COc1nc(N(C)C)sc1CNc1ccc(N(C)C)nc1. The Morgan fingerprint density at radius 2 is 1.95 bits per heavy atom. The van der Waals surface area contributed by atoms with Crippen LogP contribution in [0.1, 0.15) is 4.88 Å². The molecule has 2 aromatic heterocycles. The highest BCUT2D eigenvalue weighted by atomic mass is 32.1. The number of pyridine rings is 1. The molecule has 6 nitrogen and oxygen atoms in total. The van der Waals surface area contributed by atoms with Crippen molar-refractivity contribution in [3.63, 3.8) is 0 Å². The average molecular weight is 307 g/mol. The fraction of sp³-hybridized carbons (Fsp3) is 0.429. The van der Waals surface area contributed by atoms with Crippen LogP contribution in [-0.2, 0) is 6.54 Å². The van der Waals surface area contributed by atoms with Crippen LogP contribution in [0.15, 0.2) is 18.3 Å². The summed E-state index contributed by atoms with van der Waals surface area (Å²) < 4.78 is 5.33. The molecule has 0 aliphatic carbocycles. The van der Waals surface area contributed by atoms with Gasteiger partial charge in [-0.25, -0.2) is 4.98 Å². The van der Waals surface area contributed by atoms with E-state index in [1.165, 1.54) is 0 Å². The van der Waals surface area contributed by atoms with Gasteiger partial charge in [0.25, 0.3) is 0 Å². The molecule has 0 unspecified atom stereocenters. The van der Waals surface area contributed by atoms with Crippen LogP contribution >= 0.6 is 11.3 Å². The summed E-state index contributed by atoms with van der Waals surface area (Å²) in [6, 6.07) is 4.00. The van der Waals surface area contributed by atoms with Gasteiger partial charge in [0, 0.05) is 28.2 Å². The Morgan fingerprint density at radius 1 is 1.19 bits per heavy atom. The van der Waals surface area contributed by atoms with Crippen molar-refractivity contribution in [3.8, 4) is 5.88 Å². The zero-order valence-corrected chi connectivity index (χ0v) is 13.9. The molecule has 7 heteroatoms. The number of nitrogens with zero attached hydrogens (tertiary/aromatic N) is 4. The van der Waals surface area contributed by atoms with Crippen LogP contribution in [0.25, 0.3) is 0 Å². The number of hydrogen-bond acceptors (Lipinski definition) is 7. The lowest BCUT2D eigenvalue weighted by Gasteiger charge is -2.12. The van der Waals surface area contributed by atoms with Crippen molar-refractivity contribution in [2.45, 2.75) is 6.54 Å². The summed E-state index contributed by atoms with van der Waals surface area (Å²) in [4.78, 5) is 13.8. The number of ether oxygens (including phenoxy) is 1. The Morgan fingerprint density at radius 3 is 2.48 bits per heavy atom. The molecule has 0 bridgehead atoms. The topological polar surface area (TPSA) is 53.5 Å². The van der Waals surface area contributed by atoms with E-state index < -0.39 is 0 Å². The lowest BCUT2D eigenvalue weighted by Crippen LogP contribution is -2.10. The molecule has 0 atom stereocenters. The minimum atomic E-state index is 0.664. The second-order valence-corrected chi connectivity index (χ2v) is 6.04. The summed E-state index contributed by atoms with van der Waals surface area (Å²) in [5.74, 6) is 1.61. The molecule has 0 radical (unpaired) electrons. The van der Waals surface area contributed by atoms with Gasteiger partial charge in [-0.05, 0) is 12.1 Å². The first-order valence-electron chi connectivity index (χ1n) is 6.59. The Bertz CT molecular complexity index is 580. The van der Waals surface area contributed by atoms with Crippen LogP contribution in [0, 0.1) is 0 Å². The molecule has 0 spiro atoms. The van der Waals surface area contributed by atoms with Gasteiger partial charge in [-0.1, -0.05) is 11.3 Å². The van der Waals surface area contributed by atoms with Crippen molar-refractivity contribution in [3.05, 3.63) is 23.2 Å². The third-order valence-corrected chi connectivity index (χ3v) is 4.09. The maximum Gasteiger partial charge on any atom is 0.231 e. The van der Waals surface area contributed by atoms with E-state index in [1.54, 1.807) is 18.4 Å². The van der Waals surface area contributed by atoms with E-state index in [2.05, 4.69) is 15.3 Å². The van der Waals surface area contributed by atoms with Crippen LogP contribution in [0.4, 0.5) is 16.6 Å². The average Bonchev–Trinajstić information content (AvgIpc) is 2.89. The Hall–Kier alpha value is -2.02. The van der Waals surface area contributed by atoms with Crippen LogP contribution in [0.3, 0.4) is 0 Å². The van der Waals surface area contributed by atoms with E-state index in [9.17, 15) is 0 Å². The molecular weight excluding hydrogens is 286 g/mol. The number of methoxy groups -OCH3 is 1. The number of anilines is 3. The monoisotopic (exact) mass is 307 g/mol. The van der Waals surface area contributed by atoms with Gasteiger partial charge in [0.15, 0.2) is 5.13 Å². The zero-order valence-electron chi connectivity index (χ0n) is 13.0. The number of aromatic nitrogens is 2. The number of hydrogen-bond donors (Lipinski definition) is 1. The van der Waals surface area contributed by atoms with Gasteiger partial charge in [0.1, 0.15) is 5.82 Å². The minimum Gasteiger partial charge on any atom is -0.480 e. The lowest BCUT2D eigenvalue weighted by atomic mass is 10.4. The Kier molecular flexibility index (Phi) is 4.85. The highest BCUT2D eigenvalue weighted by molar-refractivity contribution is 7.15. The first kappa shape index (κ1) is 15.4. The van der Waals surface area contributed by atoms with Crippen LogP contribution < -0.4 is 19.9 Å². The third-order valence-electron chi connectivity index (χ3n) is 2.89. The number of thiazole rings is 1. The first-order valence-corrected chi connectivity index (χ1v) is 7.41. The number of rotatable bonds is 6. The normalized spacial score (nSPS) is 10.3. The molecule has 0 aliphatic rings. The molecule has 21 heavy (non-hydrogen) atoms. The quantitative estimate of drug-likeness (QED) is 0.884. The molecule has 1 N–H and O–H groups in total. The minimum absolute atomic E-state index is 0.664. The summed E-state index contributed by atoms with van der Waals surface area (Å²) in [5, 5.41) is 4.28. The predicted molar refractivity (Wildman–Crippen MR) is 88.9 cm³/mol. The van der Waals surface area contributed by atoms with Crippen molar-refractivity contribution in [2.75, 3.05) is 50.4 Å². The van der Waals surface area contributed by atoms with E-state index in [-0.39, 0.29) is 0 Å². The predicted octanol–water partition coefficient (Wildman–Crippen LogP) is 2.29. The molecule has 0 amide bonds. The summed E-state index contributed by atoms with van der Waals surface area (Å²) in [6.07, 6.45) is 1.83. The van der Waals surface area contributed by atoms with Crippen molar-refractivity contribution >= 4 is 28.0 Å². The summed E-state index contributed by atoms with van der Waals surface area (Å²) >= 11 is 1.62. The van der Waals surface area contributed by atoms with Gasteiger partial charge in [-0.2, -0.15) is 4.98 Å². The molecule has 0 saturated heterocycles. The molecule has 0 aromatic carbocycles. The van der Waals surface area contributed by atoms with Crippen LogP contribution in [-0.4, -0.2) is 45.3 Å². The molecule has 0 saturated carbocycles. The van der Waals surface area contributed by atoms with Crippen LogP contribution in [0.5, 0.6) is 5.88 Å². The molecule has 114 valence electrons. The van der Waals surface area contributed by atoms with E-state index in [1.807, 2.05) is 56.3 Å². The highest BCUT2D eigenvalue weighted by Crippen LogP contribution is 2.30. The van der Waals surface area contributed by atoms with Gasteiger partial charge in [0.2, 0.25) is 5.88 Å². The van der Waals surface area contributed by atoms with Crippen molar-refractivity contribution in [1.82, 2.24) is 9.97 Å². The standard InChI is InChI=1S/C14H21N5OS/c1-18(2)12-7-6-10(8-16-12)15-9-11-13(20-5)17-14(21-11)19(3)4/h6-8,15H,9H2,1-5H3. The smallest absolute Gasteiger partial charge is 0.231 e. The Labute approximate surface area is 129 Å². The highest BCUT2D eigenvalue weighted by Gasteiger charge is 2.12. The summed E-state index contributed by atoms with van der Waals surface area (Å²) in [7, 11) is 9.53. The largest absolute Gasteiger partial charge is 0.480 e. The lowest BCUT2D eigenvalue weighted by molar-refractivity contribution is 0.397. The van der Waals surface area contributed by atoms with Crippen LogP contribution in [0.2, 0.25) is 0 Å². The van der Waals surface area contributed by atoms with E-state index in [4.69, 9.17) is 4.74 Å². The summed E-state index contributed by atoms with van der Waals surface area (Å²) in [6.45, 7) is 0.664. The fourth-order valence-corrected chi connectivity index (χ4v) is 2.62. The zero-order chi connectivity index (χ0) is 15.4. The fourth-order valence-electron chi connectivity index (χ4n) is 1.73. The van der Waals surface area contributed by atoms with Gasteiger partial charge in [-0.15, -0.1) is 0 Å². The first-order chi connectivity index (χ1) is 10.0. The molecular formula is C14H21N5OS. The number of nitrogens with one attached hydrogen (secondary N) is 1. The Balaban J connectivity index is 2.05. The van der Waals surface area contributed by atoms with Crippen molar-refractivity contribution in [2.24, 2.45) is 0 Å². The van der Waals surface area contributed by atoms with Gasteiger partial charge in [0.05, 0.1) is 30.4 Å². The van der Waals surface area contributed by atoms with Gasteiger partial charge < -0.3 is 19.9 Å². The summed E-state index contributed by atoms with van der Waals surface area (Å²) in [5.41, 5.74) is 0.974. The third kappa shape index (κ3) is 3.75. The van der Waals surface area contributed by atoms with E-state index in [0.29, 0.717) is 12.4 Å². The molecule has 2 rings (SSSR count). The van der Waals surface area contributed by atoms with Gasteiger partial charge >= 0.3 is 0 Å². The second kappa shape index (κ2) is 6.62. The molecule has 0 aliphatic heterocycles. The maximum atomic E-state index is 5.33. The van der Waals surface area contributed by atoms with E-state index >= 15 is 0 Å². The van der Waals surface area contributed by atoms with E-state index in [0.717, 1.165) is 21.5 Å².